The van der Waals surface area contributed by atoms with Crippen molar-refractivity contribution in [2.75, 3.05) is 7.11 Å². The van der Waals surface area contributed by atoms with Crippen molar-refractivity contribution >= 4 is 5.97 Å². The standard InChI is InChI=1S/C28H39NO4/c1-16(33-19-11-17(25(30)31)14-29-15-19)21-5-6-22-20-12-24(32-4)28-13-18(28)7-10-27(28,3)23(20)8-9-26(21,22)2/h11,14-16,18,20-24H,5-10,12-13H2,1-4H3,(H,30,31)/t16-,18+,20-,21+,22-,23-,24?,26+,27+,28?/m0/s1. The van der Waals surface area contributed by atoms with Crippen molar-refractivity contribution in [3.63, 3.8) is 0 Å². The molecule has 5 saturated carbocycles. The summed E-state index contributed by atoms with van der Waals surface area (Å²) in [6.07, 6.45) is 14.1. The summed E-state index contributed by atoms with van der Waals surface area (Å²) in [5, 5.41) is 9.30. The number of carboxylic acids is 1. The number of pyridine rings is 1. The number of hydrogen-bond donors (Lipinski definition) is 1. The monoisotopic (exact) mass is 453 g/mol. The Morgan fingerprint density at radius 3 is 2.70 bits per heavy atom. The van der Waals surface area contributed by atoms with E-state index in [1.165, 1.54) is 57.6 Å². The molecule has 5 aliphatic rings. The van der Waals surface area contributed by atoms with Crippen LogP contribution in [0.3, 0.4) is 0 Å². The van der Waals surface area contributed by atoms with E-state index in [4.69, 9.17) is 9.47 Å². The summed E-state index contributed by atoms with van der Waals surface area (Å²) < 4.78 is 12.6. The Hall–Kier alpha value is -1.62. The Bertz CT molecular complexity index is 965. The number of hydrogen-bond acceptors (Lipinski definition) is 4. The molecule has 1 aromatic heterocycles. The normalized spacial score (nSPS) is 48.2. The van der Waals surface area contributed by atoms with Crippen molar-refractivity contribution in [1.82, 2.24) is 4.98 Å². The minimum absolute atomic E-state index is 0.0467. The van der Waals surface area contributed by atoms with Gasteiger partial charge < -0.3 is 14.6 Å². The van der Waals surface area contributed by atoms with Crippen LogP contribution in [0.2, 0.25) is 0 Å². The van der Waals surface area contributed by atoms with Gasteiger partial charge in [0, 0.05) is 24.6 Å². The lowest BCUT2D eigenvalue weighted by molar-refractivity contribution is -0.162. The van der Waals surface area contributed by atoms with Crippen LogP contribution in [-0.4, -0.2) is 35.4 Å². The van der Waals surface area contributed by atoms with Gasteiger partial charge in [-0.15, -0.1) is 0 Å². The maximum atomic E-state index is 11.3. The van der Waals surface area contributed by atoms with E-state index in [2.05, 4.69) is 25.8 Å². The van der Waals surface area contributed by atoms with Crippen molar-refractivity contribution in [1.29, 1.82) is 0 Å². The number of fused-ring (bicyclic) bond motifs is 4. The first kappa shape index (κ1) is 21.9. The van der Waals surface area contributed by atoms with Crippen LogP contribution in [0.15, 0.2) is 18.5 Å². The van der Waals surface area contributed by atoms with Crippen LogP contribution in [0, 0.1) is 45.8 Å². The number of aromatic carboxylic acids is 1. The minimum Gasteiger partial charge on any atom is -0.489 e. The molecule has 0 radical (unpaired) electrons. The van der Waals surface area contributed by atoms with E-state index in [1.54, 1.807) is 12.3 Å². The Morgan fingerprint density at radius 1 is 1.15 bits per heavy atom. The molecule has 1 aromatic rings. The zero-order valence-corrected chi connectivity index (χ0v) is 20.5. The average molecular weight is 454 g/mol. The van der Waals surface area contributed by atoms with E-state index < -0.39 is 5.97 Å². The molecule has 5 nitrogen and oxygen atoms in total. The topological polar surface area (TPSA) is 68.7 Å². The van der Waals surface area contributed by atoms with Crippen LogP contribution >= 0.6 is 0 Å². The highest BCUT2D eigenvalue weighted by Gasteiger charge is 2.77. The first-order valence-electron chi connectivity index (χ1n) is 13.1. The fourth-order valence-electron chi connectivity index (χ4n) is 10.3. The molecule has 1 heterocycles. The second-order valence-corrected chi connectivity index (χ2v) is 12.5. The molecule has 0 bridgehead atoms. The Kier molecular flexibility index (Phi) is 4.77. The molecule has 33 heavy (non-hydrogen) atoms. The molecule has 1 spiro atoms. The van der Waals surface area contributed by atoms with Crippen molar-refractivity contribution < 1.29 is 19.4 Å². The average Bonchev–Trinajstić information content (AvgIpc) is 3.29. The van der Waals surface area contributed by atoms with Gasteiger partial charge in [0.1, 0.15) is 5.75 Å². The first-order valence-corrected chi connectivity index (χ1v) is 13.1. The van der Waals surface area contributed by atoms with Gasteiger partial charge in [-0.05, 0) is 98.9 Å². The molecule has 0 aromatic carbocycles. The van der Waals surface area contributed by atoms with Crippen LogP contribution in [0.25, 0.3) is 0 Å². The molecular weight excluding hydrogens is 414 g/mol. The minimum atomic E-state index is -0.965. The molecule has 1 N–H and O–H groups in total. The number of carbonyl (C=O) groups is 1. The summed E-state index contributed by atoms with van der Waals surface area (Å²) in [6, 6.07) is 1.61. The lowest BCUT2D eigenvalue weighted by atomic mass is 9.45. The fourth-order valence-corrected chi connectivity index (χ4v) is 10.3. The first-order chi connectivity index (χ1) is 15.7. The zero-order chi connectivity index (χ0) is 23.2. The van der Waals surface area contributed by atoms with Gasteiger partial charge in [0.05, 0.1) is 24.0 Å². The van der Waals surface area contributed by atoms with Gasteiger partial charge >= 0.3 is 5.97 Å². The number of aromatic nitrogens is 1. The Labute approximate surface area is 197 Å². The summed E-state index contributed by atoms with van der Waals surface area (Å²) in [5.74, 6) is 3.35. The van der Waals surface area contributed by atoms with Gasteiger partial charge in [-0.2, -0.15) is 0 Å². The van der Waals surface area contributed by atoms with Gasteiger partial charge in [-0.3, -0.25) is 4.98 Å². The summed E-state index contributed by atoms with van der Waals surface area (Å²) in [7, 11) is 1.96. The van der Waals surface area contributed by atoms with Gasteiger partial charge in [0.15, 0.2) is 0 Å². The van der Waals surface area contributed by atoms with E-state index in [9.17, 15) is 9.90 Å². The molecule has 5 aliphatic carbocycles. The molecule has 5 heteroatoms. The summed E-state index contributed by atoms with van der Waals surface area (Å²) in [6.45, 7) is 7.34. The van der Waals surface area contributed by atoms with Crippen molar-refractivity contribution in [3.05, 3.63) is 24.0 Å². The number of carboxylic acid groups (broad SMARTS) is 1. The zero-order valence-electron chi connectivity index (χ0n) is 20.5. The molecular formula is C28H39NO4. The summed E-state index contributed by atoms with van der Waals surface area (Å²) >= 11 is 0. The lowest BCUT2D eigenvalue weighted by Crippen LogP contribution is -2.57. The molecule has 180 valence electrons. The van der Waals surface area contributed by atoms with Crippen LogP contribution in [0.5, 0.6) is 5.75 Å². The van der Waals surface area contributed by atoms with Gasteiger partial charge in [-0.25, -0.2) is 4.79 Å². The molecule has 0 saturated heterocycles. The van der Waals surface area contributed by atoms with Crippen molar-refractivity contribution in [2.24, 2.45) is 45.8 Å². The third kappa shape index (κ3) is 2.81. The third-order valence-electron chi connectivity index (χ3n) is 11.8. The lowest BCUT2D eigenvalue weighted by Gasteiger charge is -2.61. The van der Waals surface area contributed by atoms with Gasteiger partial charge in [0.25, 0.3) is 0 Å². The number of ether oxygens (including phenoxy) is 2. The van der Waals surface area contributed by atoms with Crippen LogP contribution in [0.4, 0.5) is 0 Å². The van der Waals surface area contributed by atoms with E-state index >= 15 is 0 Å². The predicted molar refractivity (Wildman–Crippen MR) is 125 cm³/mol. The second kappa shape index (κ2) is 7.19. The van der Waals surface area contributed by atoms with E-state index in [1.807, 2.05) is 7.11 Å². The maximum Gasteiger partial charge on any atom is 0.337 e. The van der Waals surface area contributed by atoms with E-state index in [-0.39, 0.29) is 17.1 Å². The largest absolute Gasteiger partial charge is 0.489 e. The highest BCUT2D eigenvalue weighted by atomic mass is 16.5. The van der Waals surface area contributed by atoms with Gasteiger partial charge in [0.2, 0.25) is 0 Å². The molecule has 6 rings (SSSR count). The van der Waals surface area contributed by atoms with Crippen LogP contribution < -0.4 is 4.74 Å². The quantitative estimate of drug-likeness (QED) is 0.607. The molecule has 10 atom stereocenters. The number of rotatable bonds is 5. The van der Waals surface area contributed by atoms with Crippen molar-refractivity contribution in [3.8, 4) is 5.75 Å². The van der Waals surface area contributed by atoms with E-state index in [0.717, 1.165) is 23.7 Å². The highest BCUT2D eigenvalue weighted by Crippen LogP contribution is 2.82. The third-order valence-corrected chi connectivity index (χ3v) is 11.8. The molecule has 0 amide bonds. The maximum absolute atomic E-state index is 11.3. The second-order valence-electron chi connectivity index (χ2n) is 12.5. The van der Waals surface area contributed by atoms with Crippen LogP contribution in [0.1, 0.15) is 82.5 Å². The summed E-state index contributed by atoms with van der Waals surface area (Å²) in [5.41, 5.74) is 1.40. The van der Waals surface area contributed by atoms with Gasteiger partial charge in [-0.1, -0.05) is 13.8 Å². The van der Waals surface area contributed by atoms with E-state index in [0.29, 0.717) is 28.6 Å². The number of methoxy groups -OCH3 is 1. The molecule has 5 fully saturated rings. The van der Waals surface area contributed by atoms with Crippen molar-refractivity contribution in [2.45, 2.75) is 84.3 Å². The smallest absolute Gasteiger partial charge is 0.337 e. The highest BCUT2D eigenvalue weighted by molar-refractivity contribution is 5.87. The summed E-state index contributed by atoms with van der Waals surface area (Å²) in [4.78, 5) is 15.4. The molecule has 0 aliphatic heterocycles. The van der Waals surface area contributed by atoms with Crippen LogP contribution in [-0.2, 0) is 4.74 Å². The fraction of sp³-hybridized carbons (Fsp3) is 0.786. The Morgan fingerprint density at radius 2 is 1.97 bits per heavy atom. The SMILES string of the molecule is COC1C[C@H]2[C@@H]3CC[C@H]([C@H](C)Oc4cncc(C(=O)O)c4)[C@@]3(C)CC[C@@H]2[C@@]2(C)CC[C@@H]3CC132. The Balaban J connectivity index is 1.24. The number of nitrogens with zero attached hydrogens (tertiary/aromatic N) is 1. The molecule has 2 unspecified atom stereocenters. The predicted octanol–water partition coefficient (Wildman–Crippen LogP) is 5.83.